The second-order valence-corrected chi connectivity index (χ2v) is 13.2. The van der Waals surface area contributed by atoms with E-state index in [1.54, 1.807) is 42.1 Å². The number of carbonyl (C=O) groups is 1. The van der Waals surface area contributed by atoms with Crippen LogP contribution in [0.2, 0.25) is 0 Å². The van der Waals surface area contributed by atoms with Gasteiger partial charge in [-0.2, -0.15) is 0 Å². The minimum absolute atomic E-state index is 0.00616. The zero-order chi connectivity index (χ0) is 26.5. The van der Waals surface area contributed by atoms with E-state index < -0.39 is 9.84 Å². The van der Waals surface area contributed by atoms with Crippen molar-refractivity contribution < 1.29 is 22.7 Å². The van der Waals surface area contributed by atoms with Crippen molar-refractivity contribution in [1.29, 1.82) is 0 Å². The fourth-order valence-electron chi connectivity index (χ4n) is 4.42. The first-order valence-electron chi connectivity index (χ1n) is 12.7. The van der Waals surface area contributed by atoms with Gasteiger partial charge in [-0.3, -0.25) is 4.79 Å². The van der Waals surface area contributed by atoms with Crippen molar-refractivity contribution in [3.8, 4) is 5.75 Å². The Morgan fingerprint density at radius 2 is 2.06 bits per heavy atom. The number of methoxy groups -OCH3 is 1. The molecule has 1 aromatic heterocycles. The number of nitrogens with zero attached hydrogens (tertiary/aromatic N) is 3. The summed E-state index contributed by atoms with van der Waals surface area (Å²) in [5.41, 5.74) is 1.19. The van der Waals surface area contributed by atoms with Crippen molar-refractivity contribution >= 4 is 15.7 Å². The normalized spacial score (nSPS) is 16.5. The number of carbonyl (C=O) groups excluding carboxylic acids is 1. The van der Waals surface area contributed by atoms with Crippen LogP contribution in [0.5, 0.6) is 5.75 Å². The summed E-state index contributed by atoms with van der Waals surface area (Å²) in [7, 11) is -2.18. The number of amides is 1. The number of hydrogen-bond acceptors (Lipinski definition) is 6. The molecule has 0 radical (unpaired) electrons. The number of imidazole rings is 1. The second-order valence-electron chi connectivity index (χ2n) is 11.3. The molecule has 0 aliphatic carbocycles. The van der Waals surface area contributed by atoms with E-state index in [-0.39, 0.29) is 34.3 Å². The molecule has 3 rings (SSSR count). The van der Waals surface area contributed by atoms with Crippen LogP contribution in [0.4, 0.5) is 0 Å². The SMILES string of the molecule is COc1cccc(CS(=O)(=O)c2ncc(CN(CC3CCCO3)C(=O)CC(C)(C)C)n2CC(C)C)c1. The minimum Gasteiger partial charge on any atom is -0.497 e. The highest BCUT2D eigenvalue weighted by Gasteiger charge is 2.29. The maximum atomic E-state index is 13.5. The molecule has 1 aliphatic heterocycles. The van der Waals surface area contributed by atoms with Gasteiger partial charge in [0.15, 0.2) is 0 Å². The lowest BCUT2D eigenvalue weighted by Gasteiger charge is -2.29. The fraction of sp³-hybridized carbons (Fsp3) is 0.630. The van der Waals surface area contributed by atoms with Gasteiger partial charge in [0.1, 0.15) is 5.75 Å². The molecule has 9 heteroatoms. The molecule has 1 amide bonds. The first kappa shape index (κ1) is 28.2. The summed E-state index contributed by atoms with van der Waals surface area (Å²) in [6, 6.07) is 7.05. The smallest absolute Gasteiger partial charge is 0.228 e. The van der Waals surface area contributed by atoms with Gasteiger partial charge in [-0.15, -0.1) is 0 Å². The Morgan fingerprint density at radius 3 is 2.67 bits per heavy atom. The largest absolute Gasteiger partial charge is 0.497 e. The van der Waals surface area contributed by atoms with Crippen LogP contribution in [-0.4, -0.2) is 55.1 Å². The molecule has 2 heterocycles. The number of hydrogen-bond donors (Lipinski definition) is 0. The van der Waals surface area contributed by atoms with E-state index in [0.717, 1.165) is 12.8 Å². The Labute approximate surface area is 215 Å². The van der Waals surface area contributed by atoms with Crippen molar-refractivity contribution in [3.05, 3.63) is 41.7 Å². The standard InChI is InChI=1S/C27H41N3O5S/c1-20(2)16-30-22(17-29(18-24-11-8-12-35-24)25(31)14-27(3,4)5)15-28-26(30)36(32,33)19-21-9-7-10-23(13-21)34-6/h7,9-10,13,15,20,24H,8,11-12,14,16-19H2,1-6H3. The van der Waals surface area contributed by atoms with Crippen LogP contribution in [0.1, 0.15) is 65.1 Å². The summed E-state index contributed by atoms with van der Waals surface area (Å²) in [6.07, 6.45) is 3.92. The van der Waals surface area contributed by atoms with E-state index in [1.807, 2.05) is 39.5 Å². The molecule has 2 aromatic rings. The predicted octanol–water partition coefficient (Wildman–Crippen LogP) is 4.47. The molecule has 1 aliphatic rings. The molecule has 200 valence electrons. The molecule has 1 unspecified atom stereocenters. The summed E-state index contributed by atoms with van der Waals surface area (Å²) in [6.45, 7) is 12.2. The third-order valence-corrected chi connectivity index (χ3v) is 7.65. The molecule has 1 saturated heterocycles. The van der Waals surface area contributed by atoms with Gasteiger partial charge in [-0.1, -0.05) is 46.8 Å². The summed E-state index contributed by atoms with van der Waals surface area (Å²) < 4.78 is 39.8. The van der Waals surface area contributed by atoms with Gasteiger partial charge in [-0.05, 0) is 41.9 Å². The number of sulfone groups is 1. The van der Waals surface area contributed by atoms with Crippen LogP contribution >= 0.6 is 0 Å². The maximum absolute atomic E-state index is 13.5. The van der Waals surface area contributed by atoms with E-state index >= 15 is 0 Å². The Bertz CT molecular complexity index is 1130. The van der Waals surface area contributed by atoms with Crippen LogP contribution in [-0.2, 0) is 38.2 Å². The van der Waals surface area contributed by atoms with Crippen molar-refractivity contribution in [2.75, 3.05) is 20.3 Å². The third-order valence-electron chi connectivity index (χ3n) is 6.05. The van der Waals surface area contributed by atoms with Gasteiger partial charge < -0.3 is 18.9 Å². The lowest BCUT2D eigenvalue weighted by molar-refractivity contribution is -0.135. The van der Waals surface area contributed by atoms with Crippen LogP contribution in [0.25, 0.3) is 0 Å². The highest BCUT2D eigenvalue weighted by Crippen LogP contribution is 2.25. The molecule has 0 N–H and O–H groups in total. The maximum Gasteiger partial charge on any atom is 0.228 e. The molecule has 1 atom stereocenters. The average Bonchev–Trinajstić information content (AvgIpc) is 3.42. The fourth-order valence-corrected chi connectivity index (χ4v) is 5.91. The molecular formula is C27H41N3O5S. The first-order valence-corrected chi connectivity index (χ1v) is 14.3. The Morgan fingerprint density at radius 1 is 1.31 bits per heavy atom. The summed E-state index contributed by atoms with van der Waals surface area (Å²) >= 11 is 0. The van der Waals surface area contributed by atoms with Gasteiger partial charge in [0.05, 0.1) is 37.4 Å². The predicted molar refractivity (Wildman–Crippen MR) is 139 cm³/mol. The Hall–Kier alpha value is -2.39. The lowest BCUT2D eigenvalue weighted by Crippen LogP contribution is -2.39. The summed E-state index contributed by atoms with van der Waals surface area (Å²) in [5.74, 6) is 0.661. The molecule has 0 spiro atoms. The summed E-state index contributed by atoms with van der Waals surface area (Å²) in [5, 5.41) is 0.0364. The number of ether oxygens (including phenoxy) is 2. The molecule has 0 saturated carbocycles. The van der Waals surface area contributed by atoms with E-state index in [9.17, 15) is 13.2 Å². The monoisotopic (exact) mass is 519 g/mol. The quantitative estimate of drug-likeness (QED) is 0.435. The van der Waals surface area contributed by atoms with Crippen molar-refractivity contribution in [2.45, 2.75) is 84.0 Å². The van der Waals surface area contributed by atoms with Crippen molar-refractivity contribution in [1.82, 2.24) is 14.5 Å². The molecule has 0 bridgehead atoms. The third kappa shape index (κ3) is 7.80. The summed E-state index contributed by atoms with van der Waals surface area (Å²) in [4.78, 5) is 19.5. The van der Waals surface area contributed by atoms with Gasteiger partial charge >= 0.3 is 0 Å². The molecule has 1 aromatic carbocycles. The number of benzene rings is 1. The highest BCUT2D eigenvalue weighted by molar-refractivity contribution is 7.90. The average molecular weight is 520 g/mol. The van der Waals surface area contributed by atoms with E-state index in [0.29, 0.717) is 49.7 Å². The molecule has 8 nitrogen and oxygen atoms in total. The first-order chi connectivity index (χ1) is 16.9. The molecule has 1 fully saturated rings. The van der Waals surface area contributed by atoms with Gasteiger partial charge in [0.2, 0.25) is 20.9 Å². The number of aromatic nitrogens is 2. The molecular weight excluding hydrogens is 478 g/mol. The Kier molecular flexibility index (Phi) is 9.22. The van der Waals surface area contributed by atoms with E-state index in [2.05, 4.69) is 4.98 Å². The Balaban J connectivity index is 1.92. The lowest BCUT2D eigenvalue weighted by atomic mass is 9.91. The van der Waals surface area contributed by atoms with Gasteiger partial charge in [0.25, 0.3) is 0 Å². The topological polar surface area (TPSA) is 90.7 Å². The van der Waals surface area contributed by atoms with Crippen LogP contribution in [0, 0.1) is 11.3 Å². The zero-order valence-electron chi connectivity index (χ0n) is 22.5. The zero-order valence-corrected chi connectivity index (χ0v) is 23.3. The van der Waals surface area contributed by atoms with Crippen molar-refractivity contribution in [3.63, 3.8) is 0 Å². The highest BCUT2D eigenvalue weighted by atomic mass is 32.2. The van der Waals surface area contributed by atoms with Crippen LogP contribution in [0.3, 0.4) is 0 Å². The van der Waals surface area contributed by atoms with Crippen molar-refractivity contribution in [2.24, 2.45) is 11.3 Å². The van der Waals surface area contributed by atoms with Crippen LogP contribution < -0.4 is 4.74 Å². The minimum atomic E-state index is -3.73. The molecule has 36 heavy (non-hydrogen) atoms. The van der Waals surface area contributed by atoms with Crippen LogP contribution in [0.15, 0.2) is 35.6 Å². The van der Waals surface area contributed by atoms with E-state index in [1.165, 1.54) is 0 Å². The van der Waals surface area contributed by atoms with E-state index in [4.69, 9.17) is 9.47 Å². The number of rotatable bonds is 11. The van der Waals surface area contributed by atoms with Gasteiger partial charge in [0, 0.05) is 26.1 Å². The van der Waals surface area contributed by atoms with Gasteiger partial charge in [-0.25, -0.2) is 13.4 Å². The second kappa shape index (κ2) is 11.8.